The lowest BCUT2D eigenvalue weighted by Gasteiger charge is -2.50. The van der Waals surface area contributed by atoms with Crippen LogP contribution in [0.3, 0.4) is 0 Å². The van der Waals surface area contributed by atoms with Crippen molar-refractivity contribution in [1.82, 2.24) is 9.97 Å². The highest BCUT2D eigenvalue weighted by atomic mass is 15.2. The fourth-order valence-electron chi connectivity index (χ4n) is 12.0. The molecule has 5 aliphatic heterocycles. The maximum Gasteiger partial charge on any atom is 0.141 e. The van der Waals surface area contributed by atoms with E-state index in [4.69, 9.17) is 9.97 Å². The van der Waals surface area contributed by atoms with Crippen LogP contribution >= 0.6 is 0 Å². The first-order valence-electron chi connectivity index (χ1n) is 21.6. The normalized spacial score (nSPS) is 19.1. The molecule has 60 heavy (non-hydrogen) atoms. The second-order valence-corrected chi connectivity index (χ2v) is 20.4. The number of nitrogens with zero attached hydrogens (tertiary/aromatic N) is 5. The van der Waals surface area contributed by atoms with E-state index in [0.717, 1.165) is 17.3 Å². The van der Waals surface area contributed by atoms with Crippen LogP contribution in [0.2, 0.25) is 0 Å². The minimum absolute atomic E-state index is 0.199. The summed E-state index contributed by atoms with van der Waals surface area (Å²) in [6.07, 6.45) is 3.91. The third-order valence-electron chi connectivity index (χ3n) is 15.5. The van der Waals surface area contributed by atoms with Crippen molar-refractivity contribution in [3.05, 3.63) is 183 Å². The summed E-state index contributed by atoms with van der Waals surface area (Å²) in [6, 6.07) is 43.9. The van der Waals surface area contributed by atoms with Gasteiger partial charge in [0.1, 0.15) is 11.6 Å². The van der Waals surface area contributed by atoms with Gasteiger partial charge in [-0.3, -0.25) is 9.80 Å². The molecule has 0 radical (unpaired) electrons. The number of hydrogen-bond donors (Lipinski definition) is 0. The fraction of sp³-hybridized carbons (Fsp3) is 0.273. The van der Waals surface area contributed by atoms with E-state index < -0.39 is 0 Å². The first-order chi connectivity index (χ1) is 28.6. The Hall–Kier alpha value is -6.20. The van der Waals surface area contributed by atoms with Crippen molar-refractivity contribution in [1.29, 1.82) is 0 Å². The van der Waals surface area contributed by atoms with Crippen LogP contribution in [0.15, 0.2) is 128 Å². The molecule has 5 aromatic carbocycles. The van der Waals surface area contributed by atoms with Crippen LogP contribution in [0.25, 0.3) is 0 Å². The van der Waals surface area contributed by atoms with E-state index in [1.165, 1.54) is 89.8 Å². The highest BCUT2D eigenvalue weighted by molar-refractivity contribution is 5.98. The van der Waals surface area contributed by atoms with E-state index in [1.54, 1.807) is 0 Å². The summed E-state index contributed by atoms with van der Waals surface area (Å²) >= 11 is 0. The summed E-state index contributed by atoms with van der Waals surface area (Å²) in [4.78, 5) is 17.8. The third-order valence-corrected chi connectivity index (χ3v) is 15.5. The molecule has 5 heteroatoms. The average Bonchev–Trinajstić information content (AvgIpc) is 3.23. The number of rotatable bonds is 1. The van der Waals surface area contributed by atoms with Gasteiger partial charge in [0.15, 0.2) is 0 Å². The molecule has 5 aliphatic rings. The number of hydrogen-bond acceptors (Lipinski definition) is 5. The summed E-state index contributed by atoms with van der Waals surface area (Å²) in [5.74, 6) is 2.03. The minimum Gasteiger partial charge on any atom is -0.310 e. The summed E-state index contributed by atoms with van der Waals surface area (Å²) < 4.78 is 0. The Bertz CT molecular complexity index is 3040. The highest BCUT2D eigenvalue weighted by Crippen LogP contribution is 2.64. The summed E-state index contributed by atoms with van der Waals surface area (Å²) in [6.45, 7) is 23.8. The first kappa shape index (κ1) is 35.7. The number of fused-ring (bicyclic) bond motifs is 10. The number of pyridine rings is 2. The van der Waals surface area contributed by atoms with E-state index in [9.17, 15) is 0 Å². The van der Waals surface area contributed by atoms with Crippen molar-refractivity contribution < 1.29 is 0 Å². The Morgan fingerprint density at radius 1 is 0.317 bits per heavy atom. The van der Waals surface area contributed by atoms with E-state index in [-0.39, 0.29) is 27.1 Å². The summed E-state index contributed by atoms with van der Waals surface area (Å²) in [7, 11) is 0. The van der Waals surface area contributed by atoms with Gasteiger partial charge in [-0.2, -0.15) is 0 Å². The molecule has 5 nitrogen and oxygen atoms in total. The number of aromatic nitrogens is 2. The molecule has 7 aromatic rings. The Labute approximate surface area is 354 Å². The van der Waals surface area contributed by atoms with Gasteiger partial charge in [-0.15, -0.1) is 0 Å². The van der Waals surface area contributed by atoms with Gasteiger partial charge < -0.3 is 4.90 Å². The quantitative estimate of drug-likeness (QED) is 0.166. The van der Waals surface area contributed by atoms with Crippen molar-refractivity contribution in [3.63, 3.8) is 0 Å². The molecular formula is C55H51N5. The molecule has 0 unspecified atom stereocenters. The molecule has 296 valence electrons. The lowest BCUT2D eigenvalue weighted by molar-refractivity contribution is 0.587. The van der Waals surface area contributed by atoms with E-state index in [2.05, 4.69) is 199 Å². The summed E-state index contributed by atoms with van der Waals surface area (Å²) in [5, 5.41) is 0. The van der Waals surface area contributed by atoms with E-state index >= 15 is 0 Å². The maximum atomic E-state index is 5.18. The topological polar surface area (TPSA) is 35.5 Å². The highest BCUT2D eigenvalue weighted by Gasteiger charge is 2.50. The Kier molecular flexibility index (Phi) is 6.63. The van der Waals surface area contributed by atoms with Gasteiger partial charge in [0.2, 0.25) is 0 Å². The molecule has 0 fully saturated rings. The molecule has 0 N–H and O–H groups in total. The van der Waals surface area contributed by atoms with Gasteiger partial charge in [-0.25, -0.2) is 9.97 Å². The Balaban J connectivity index is 1.14. The fourth-order valence-corrected chi connectivity index (χ4v) is 12.0. The van der Waals surface area contributed by atoms with Crippen LogP contribution in [-0.2, 0) is 27.1 Å². The molecule has 12 rings (SSSR count). The predicted octanol–water partition coefficient (Wildman–Crippen LogP) is 14.1. The van der Waals surface area contributed by atoms with Crippen molar-refractivity contribution in [2.45, 2.75) is 96.3 Å². The van der Waals surface area contributed by atoms with Crippen LogP contribution in [0, 0.1) is 0 Å². The van der Waals surface area contributed by atoms with Crippen molar-refractivity contribution in [2.24, 2.45) is 0 Å². The average molecular weight is 782 g/mol. The second kappa shape index (κ2) is 11.1. The Morgan fingerprint density at radius 3 is 1.27 bits per heavy atom. The van der Waals surface area contributed by atoms with Crippen LogP contribution in [-0.4, -0.2) is 9.97 Å². The van der Waals surface area contributed by atoms with Crippen molar-refractivity contribution in [2.75, 3.05) is 14.7 Å². The standard InChI is InChI=1S/C55H51N5/c1-51(2)34-26-25-32(29-44(34)59-47-35(51)18-13-19-36(47)53(5,6)39-22-15-27-56-49(39)59)58-43-24-12-11-17-33(43)52(3,4)41-30-42-46(31-45(41)58)60-48-37(20-14-21-38(48)55(42,9)10)54(7,8)40-23-16-28-57-50(40)60/h11-31H,1-10H3. The predicted molar refractivity (Wildman–Crippen MR) is 247 cm³/mol. The van der Waals surface area contributed by atoms with Gasteiger partial charge in [-0.05, 0) is 87.0 Å². The van der Waals surface area contributed by atoms with Crippen LogP contribution < -0.4 is 14.7 Å². The largest absolute Gasteiger partial charge is 0.310 e. The molecule has 0 atom stereocenters. The van der Waals surface area contributed by atoms with Crippen LogP contribution in [0.4, 0.5) is 51.4 Å². The molecule has 0 bridgehead atoms. The first-order valence-corrected chi connectivity index (χ1v) is 21.6. The molecule has 0 spiro atoms. The molecule has 0 saturated carbocycles. The Morgan fingerprint density at radius 2 is 0.717 bits per heavy atom. The van der Waals surface area contributed by atoms with Gasteiger partial charge in [0.25, 0.3) is 0 Å². The second-order valence-electron chi connectivity index (χ2n) is 20.4. The summed E-state index contributed by atoms with van der Waals surface area (Å²) in [5.41, 5.74) is 20.4. The zero-order chi connectivity index (χ0) is 41.5. The van der Waals surface area contributed by atoms with E-state index in [1.807, 2.05) is 12.4 Å². The van der Waals surface area contributed by atoms with Gasteiger partial charge in [0, 0.05) is 56.3 Å². The molecule has 7 heterocycles. The molecule has 2 aromatic heterocycles. The molecule has 0 amide bonds. The van der Waals surface area contributed by atoms with Gasteiger partial charge in [0.05, 0.1) is 34.1 Å². The SMILES string of the molecule is CC1(C)c2ccccc2N(c2ccc3c(c2)N2c4ncccc4C(C)(C)c4cccc(c42)C3(C)C)c2cc3c(cc21)C(C)(C)c1cccc2c1N3c1ncccc1C2(C)C. The number of anilines is 9. The van der Waals surface area contributed by atoms with Crippen molar-refractivity contribution >= 4 is 51.4 Å². The van der Waals surface area contributed by atoms with Crippen LogP contribution in [0.1, 0.15) is 125 Å². The molecular weight excluding hydrogens is 731 g/mol. The minimum atomic E-state index is -0.263. The number of benzene rings is 5. The zero-order valence-corrected chi connectivity index (χ0v) is 36.4. The van der Waals surface area contributed by atoms with Gasteiger partial charge >= 0.3 is 0 Å². The molecule has 0 saturated heterocycles. The van der Waals surface area contributed by atoms with Crippen molar-refractivity contribution in [3.8, 4) is 0 Å². The lowest BCUT2D eigenvalue weighted by atomic mass is 9.65. The monoisotopic (exact) mass is 781 g/mol. The molecule has 0 aliphatic carbocycles. The van der Waals surface area contributed by atoms with Gasteiger partial charge in [-0.1, -0.05) is 142 Å². The van der Waals surface area contributed by atoms with Crippen LogP contribution in [0.5, 0.6) is 0 Å². The third kappa shape index (κ3) is 4.14. The van der Waals surface area contributed by atoms with E-state index in [0.29, 0.717) is 0 Å². The number of para-hydroxylation sites is 3. The smallest absolute Gasteiger partial charge is 0.141 e. The maximum absolute atomic E-state index is 5.18. The zero-order valence-electron chi connectivity index (χ0n) is 36.4. The lowest BCUT2D eigenvalue weighted by Crippen LogP contribution is -2.39.